The Morgan fingerprint density at radius 1 is 1.22 bits per heavy atom. The van der Waals surface area contributed by atoms with Crippen LogP contribution in [0, 0.1) is 6.92 Å². The van der Waals surface area contributed by atoms with Crippen molar-refractivity contribution in [3.63, 3.8) is 0 Å². The van der Waals surface area contributed by atoms with Crippen LogP contribution < -0.4 is 5.32 Å². The molecule has 0 radical (unpaired) electrons. The maximum atomic E-state index is 5.68. The average Bonchev–Trinajstić information content (AvgIpc) is 2.95. The predicted octanol–water partition coefficient (Wildman–Crippen LogP) is 2.41. The van der Waals surface area contributed by atoms with Gasteiger partial charge in [-0.2, -0.15) is 4.98 Å². The van der Waals surface area contributed by atoms with Gasteiger partial charge in [-0.15, -0.1) is 0 Å². The van der Waals surface area contributed by atoms with Crippen LogP contribution in [-0.4, -0.2) is 10.1 Å². The molecule has 0 aliphatic carbocycles. The zero-order valence-electron chi connectivity index (χ0n) is 10.0. The Labute approximate surface area is 104 Å². The monoisotopic (exact) mass is 243 g/mol. The van der Waals surface area contributed by atoms with Crippen LogP contribution >= 0.6 is 0 Å². The van der Waals surface area contributed by atoms with Gasteiger partial charge in [0.2, 0.25) is 5.89 Å². The van der Waals surface area contributed by atoms with E-state index in [1.54, 1.807) is 6.92 Å². The van der Waals surface area contributed by atoms with Crippen molar-refractivity contribution in [1.82, 2.24) is 15.5 Å². The number of fused-ring (bicyclic) bond motifs is 1. The Hall–Kier alpha value is -2.14. The first-order valence-electron chi connectivity index (χ1n) is 5.78. The molecule has 0 fully saturated rings. The largest absolute Gasteiger partial charge is 0.460 e. The normalized spacial score (nSPS) is 11.2. The lowest BCUT2D eigenvalue weighted by Crippen LogP contribution is -2.12. The number of nitrogens with zero attached hydrogens (tertiary/aromatic N) is 2. The van der Waals surface area contributed by atoms with Gasteiger partial charge in [0, 0.05) is 5.39 Å². The molecule has 18 heavy (non-hydrogen) atoms. The molecule has 2 heterocycles. The number of furan rings is 1. The highest BCUT2D eigenvalue weighted by molar-refractivity contribution is 5.77. The zero-order chi connectivity index (χ0) is 12.4. The topological polar surface area (TPSA) is 64.1 Å². The van der Waals surface area contributed by atoms with Gasteiger partial charge in [0.15, 0.2) is 5.82 Å². The fraction of sp³-hybridized carbons (Fsp3) is 0.231. The Kier molecular flexibility index (Phi) is 2.82. The maximum Gasteiger partial charge on any atom is 0.240 e. The third-order valence-corrected chi connectivity index (χ3v) is 2.62. The van der Waals surface area contributed by atoms with Gasteiger partial charge in [0.05, 0.1) is 13.1 Å². The first-order valence-corrected chi connectivity index (χ1v) is 5.78. The summed E-state index contributed by atoms with van der Waals surface area (Å²) in [6.07, 6.45) is 0. The van der Waals surface area contributed by atoms with Crippen LogP contribution in [0.1, 0.15) is 17.5 Å². The first-order chi connectivity index (χ1) is 8.81. The van der Waals surface area contributed by atoms with Crippen molar-refractivity contribution >= 4 is 11.0 Å². The van der Waals surface area contributed by atoms with E-state index in [1.807, 2.05) is 30.3 Å². The van der Waals surface area contributed by atoms with E-state index in [1.165, 1.54) is 0 Å². The molecular weight excluding hydrogens is 230 g/mol. The van der Waals surface area contributed by atoms with Gasteiger partial charge < -0.3 is 14.3 Å². The molecule has 0 saturated carbocycles. The minimum Gasteiger partial charge on any atom is -0.460 e. The Morgan fingerprint density at radius 3 is 2.89 bits per heavy atom. The minimum atomic E-state index is 0.540. The molecule has 92 valence electrons. The van der Waals surface area contributed by atoms with E-state index in [0.29, 0.717) is 24.8 Å². The minimum absolute atomic E-state index is 0.540. The van der Waals surface area contributed by atoms with Crippen LogP contribution in [-0.2, 0) is 13.1 Å². The fourth-order valence-electron chi connectivity index (χ4n) is 1.83. The van der Waals surface area contributed by atoms with E-state index in [4.69, 9.17) is 8.94 Å². The summed E-state index contributed by atoms with van der Waals surface area (Å²) in [6.45, 7) is 2.97. The van der Waals surface area contributed by atoms with Gasteiger partial charge in [0.25, 0.3) is 0 Å². The van der Waals surface area contributed by atoms with Crippen molar-refractivity contribution in [3.05, 3.63) is 47.8 Å². The molecule has 1 aromatic carbocycles. The standard InChI is InChI=1S/C13H13N3O2/c1-9-15-13(18-16-9)8-14-7-11-6-10-4-2-3-5-12(10)17-11/h2-6,14H,7-8H2,1H3. The Balaban J connectivity index is 1.62. The highest BCUT2D eigenvalue weighted by atomic mass is 16.5. The maximum absolute atomic E-state index is 5.68. The summed E-state index contributed by atoms with van der Waals surface area (Å²) in [5.74, 6) is 2.13. The number of aromatic nitrogens is 2. The van der Waals surface area contributed by atoms with Gasteiger partial charge in [0.1, 0.15) is 11.3 Å². The summed E-state index contributed by atoms with van der Waals surface area (Å²) in [6, 6.07) is 9.98. The van der Waals surface area contributed by atoms with E-state index in [2.05, 4.69) is 15.5 Å². The molecule has 3 rings (SSSR count). The molecule has 0 atom stereocenters. The summed E-state index contributed by atoms with van der Waals surface area (Å²) < 4.78 is 10.7. The lowest BCUT2D eigenvalue weighted by atomic mass is 10.2. The van der Waals surface area contributed by atoms with E-state index in [9.17, 15) is 0 Å². The molecule has 0 spiro atoms. The van der Waals surface area contributed by atoms with Gasteiger partial charge in [-0.1, -0.05) is 23.4 Å². The average molecular weight is 243 g/mol. The van der Waals surface area contributed by atoms with Crippen LogP contribution in [0.25, 0.3) is 11.0 Å². The number of aryl methyl sites for hydroxylation is 1. The van der Waals surface area contributed by atoms with E-state index < -0.39 is 0 Å². The number of para-hydroxylation sites is 1. The summed E-state index contributed by atoms with van der Waals surface area (Å²) in [5, 5.41) is 8.04. The SMILES string of the molecule is Cc1noc(CNCc2cc3ccccc3o2)n1. The number of hydrogen-bond donors (Lipinski definition) is 1. The van der Waals surface area contributed by atoms with E-state index in [0.717, 1.165) is 16.7 Å². The summed E-state index contributed by atoms with van der Waals surface area (Å²) in [7, 11) is 0. The lowest BCUT2D eigenvalue weighted by Gasteiger charge is -1.97. The predicted molar refractivity (Wildman–Crippen MR) is 65.8 cm³/mol. The van der Waals surface area contributed by atoms with Gasteiger partial charge in [-0.3, -0.25) is 0 Å². The van der Waals surface area contributed by atoms with Gasteiger partial charge in [-0.05, 0) is 19.1 Å². The number of nitrogens with one attached hydrogen (secondary N) is 1. The van der Waals surface area contributed by atoms with Crippen LogP contribution in [0.15, 0.2) is 39.3 Å². The van der Waals surface area contributed by atoms with Crippen molar-refractivity contribution in [2.24, 2.45) is 0 Å². The molecule has 0 aliphatic rings. The first kappa shape index (κ1) is 11.0. The van der Waals surface area contributed by atoms with Crippen molar-refractivity contribution in [3.8, 4) is 0 Å². The van der Waals surface area contributed by atoms with Gasteiger partial charge >= 0.3 is 0 Å². The third-order valence-electron chi connectivity index (χ3n) is 2.62. The molecule has 3 aromatic rings. The number of benzene rings is 1. The highest BCUT2D eigenvalue weighted by Gasteiger charge is 2.04. The molecule has 0 aliphatic heterocycles. The van der Waals surface area contributed by atoms with Crippen molar-refractivity contribution < 1.29 is 8.94 Å². The highest BCUT2D eigenvalue weighted by Crippen LogP contribution is 2.18. The number of rotatable bonds is 4. The van der Waals surface area contributed by atoms with E-state index >= 15 is 0 Å². The second kappa shape index (κ2) is 4.62. The quantitative estimate of drug-likeness (QED) is 0.762. The van der Waals surface area contributed by atoms with Crippen molar-refractivity contribution in [2.45, 2.75) is 20.0 Å². The van der Waals surface area contributed by atoms with Gasteiger partial charge in [-0.25, -0.2) is 0 Å². The molecule has 0 bridgehead atoms. The van der Waals surface area contributed by atoms with E-state index in [-0.39, 0.29) is 0 Å². The molecule has 2 aromatic heterocycles. The Morgan fingerprint density at radius 2 is 2.11 bits per heavy atom. The second-order valence-electron chi connectivity index (χ2n) is 4.09. The molecule has 5 heteroatoms. The van der Waals surface area contributed by atoms with Crippen molar-refractivity contribution in [1.29, 1.82) is 0 Å². The summed E-state index contributed by atoms with van der Waals surface area (Å²) >= 11 is 0. The van der Waals surface area contributed by atoms with Crippen LogP contribution in [0.5, 0.6) is 0 Å². The second-order valence-corrected chi connectivity index (χ2v) is 4.09. The molecular formula is C13H13N3O2. The third kappa shape index (κ3) is 2.26. The lowest BCUT2D eigenvalue weighted by molar-refractivity contribution is 0.361. The van der Waals surface area contributed by atoms with Crippen LogP contribution in [0.3, 0.4) is 0 Å². The smallest absolute Gasteiger partial charge is 0.240 e. The molecule has 1 N–H and O–H groups in total. The molecule has 0 saturated heterocycles. The molecule has 0 amide bonds. The molecule has 5 nitrogen and oxygen atoms in total. The molecule has 0 unspecified atom stereocenters. The summed E-state index contributed by atoms with van der Waals surface area (Å²) in [5.41, 5.74) is 0.905. The summed E-state index contributed by atoms with van der Waals surface area (Å²) in [4.78, 5) is 4.11. The van der Waals surface area contributed by atoms with Crippen LogP contribution in [0.2, 0.25) is 0 Å². The van der Waals surface area contributed by atoms with Crippen molar-refractivity contribution in [2.75, 3.05) is 0 Å². The number of hydrogen-bond acceptors (Lipinski definition) is 5. The zero-order valence-corrected chi connectivity index (χ0v) is 10.0. The van der Waals surface area contributed by atoms with Crippen LogP contribution in [0.4, 0.5) is 0 Å². The fourth-order valence-corrected chi connectivity index (χ4v) is 1.83. The Bertz CT molecular complexity index is 624.